The number of rotatable bonds is 10. The highest BCUT2D eigenvalue weighted by atomic mass is 35.5. The maximum Gasteiger partial charge on any atom is 0.264 e. The molecule has 0 unspecified atom stereocenters. The van der Waals surface area contributed by atoms with Crippen molar-refractivity contribution in [1.29, 1.82) is 0 Å². The number of hydrogen-bond acceptors (Lipinski definition) is 4. The Balaban J connectivity index is 1.70. The number of anilines is 1. The SMILES string of the molecule is Cc1ccc(S(=O)(=O)N(CC(=O)NCCSCc2ccccc2C)c2cccc(Cl)c2Cl)cc1. The van der Waals surface area contributed by atoms with Gasteiger partial charge in [0.05, 0.1) is 20.6 Å². The number of benzene rings is 3. The standard InChI is InChI=1S/C25H26Cl2N2O3S2/c1-18-10-12-21(13-11-18)34(31,32)29(23-9-5-8-22(26)25(23)27)16-24(30)28-14-15-33-17-20-7-4-3-6-19(20)2/h3-13H,14-17H2,1-2H3,(H,28,30). The first kappa shape index (κ1) is 26.4. The topological polar surface area (TPSA) is 66.5 Å². The first-order valence-electron chi connectivity index (χ1n) is 10.6. The molecule has 0 aliphatic rings. The number of nitrogens with one attached hydrogen (secondary N) is 1. The van der Waals surface area contributed by atoms with Crippen LogP contribution in [0.1, 0.15) is 16.7 Å². The summed E-state index contributed by atoms with van der Waals surface area (Å²) in [6, 6.07) is 19.3. The van der Waals surface area contributed by atoms with Gasteiger partial charge in [0.15, 0.2) is 0 Å². The number of carbonyl (C=O) groups is 1. The third-order valence-electron chi connectivity index (χ3n) is 5.18. The normalized spacial score (nSPS) is 11.3. The average molecular weight is 538 g/mol. The van der Waals surface area contributed by atoms with Crippen LogP contribution >= 0.6 is 35.0 Å². The number of halogens is 2. The summed E-state index contributed by atoms with van der Waals surface area (Å²) < 4.78 is 27.9. The van der Waals surface area contributed by atoms with Crippen molar-refractivity contribution in [3.05, 3.63) is 93.5 Å². The highest BCUT2D eigenvalue weighted by Gasteiger charge is 2.29. The molecule has 1 amide bonds. The molecule has 0 saturated heterocycles. The summed E-state index contributed by atoms with van der Waals surface area (Å²) in [4.78, 5) is 12.8. The van der Waals surface area contributed by atoms with Crippen LogP contribution in [0, 0.1) is 13.8 Å². The summed E-state index contributed by atoms with van der Waals surface area (Å²) >= 11 is 14.2. The molecular formula is C25H26Cl2N2O3S2. The molecule has 3 rings (SSSR count). The number of nitrogens with zero attached hydrogens (tertiary/aromatic N) is 1. The van der Waals surface area contributed by atoms with Crippen molar-refractivity contribution in [2.75, 3.05) is 23.1 Å². The van der Waals surface area contributed by atoms with Crippen molar-refractivity contribution in [2.24, 2.45) is 0 Å². The van der Waals surface area contributed by atoms with Gasteiger partial charge < -0.3 is 5.32 Å². The van der Waals surface area contributed by atoms with E-state index in [-0.39, 0.29) is 20.6 Å². The molecular weight excluding hydrogens is 511 g/mol. The van der Waals surface area contributed by atoms with Crippen molar-refractivity contribution in [3.8, 4) is 0 Å². The summed E-state index contributed by atoms with van der Waals surface area (Å²) in [5.41, 5.74) is 3.56. The van der Waals surface area contributed by atoms with Gasteiger partial charge in [0.25, 0.3) is 10.0 Å². The van der Waals surface area contributed by atoms with Crippen molar-refractivity contribution in [1.82, 2.24) is 5.32 Å². The molecule has 180 valence electrons. The molecule has 0 spiro atoms. The van der Waals surface area contributed by atoms with Gasteiger partial charge in [-0.3, -0.25) is 9.10 Å². The lowest BCUT2D eigenvalue weighted by Gasteiger charge is -2.25. The Morgan fingerprint density at radius 1 is 0.971 bits per heavy atom. The van der Waals surface area contributed by atoms with Gasteiger partial charge in [-0.1, -0.05) is 71.2 Å². The second kappa shape index (κ2) is 12.0. The molecule has 0 aliphatic carbocycles. The van der Waals surface area contributed by atoms with Crippen LogP contribution in [-0.4, -0.2) is 33.2 Å². The van der Waals surface area contributed by atoms with Gasteiger partial charge in [0, 0.05) is 18.1 Å². The maximum atomic E-state index is 13.4. The van der Waals surface area contributed by atoms with E-state index in [0.29, 0.717) is 12.3 Å². The van der Waals surface area contributed by atoms with E-state index in [9.17, 15) is 13.2 Å². The molecule has 1 N–H and O–H groups in total. The van der Waals surface area contributed by atoms with Crippen molar-refractivity contribution >= 4 is 56.6 Å². The molecule has 3 aromatic rings. The minimum Gasteiger partial charge on any atom is -0.354 e. The lowest BCUT2D eigenvalue weighted by atomic mass is 10.1. The van der Waals surface area contributed by atoms with Crippen LogP contribution in [-0.2, 0) is 20.6 Å². The molecule has 0 radical (unpaired) electrons. The Hall–Kier alpha value is -2.19. The van der Waals surface area contributed by atoms with Crippen molar-refractivity contribution in [2.45, 2.75) is 24.5 Å². The Morgan fingerprint density at radius 2 is 1.68 bits per heavy atom. The summed E-state index contributed by atoms with van der Waals surface area (Å²) in [5, 5.41) is 3.08. The molecule has 3 aromatic carbocycles. The zero-order chi connectivity index (χ0) is 24.7. The van der Waals surface area contributed by atoms with E-state index in [1.54, 1.807) is 36.0 Å². The molecule has 0 atom stereocenters. The van der Waals surface area contributed by atoms with E-state index in [4.69, 9.17) is 23.2 Å². The smallest absolute Gasteiger partial charge is 0.264 e. The molecule has 5 nitrogen and oxygen atoms in total. The number of hydrogen-bond donors (Lipinski definition) is 1. The van der Waals surface area contributed by atoms with Crippen molar-refractivity contribution < 1.29 is 13.2 Å². The van der Waals surface area contributed by atoms with Crippen LogP contribution in [0.15, 0.2) is 71.6 Å². The van der Waals surface area contributed by atoms with Crippen LogP contribution in [0.3, 0.4) is 0 Å². The Kier molecular flexibility index (Phi) is 9.31. The minimum atomic E-state index is -4.06. The largest absolute Gasteiger partial charge is 0.354 e. The second-order valence-electron chi connectivity index (χ2n) is 7.73. The number of sulfonamides is 1. The van der Waals surface area contributed by atoms with Crippen LogP contribution in [0.5, 0.6) is 0 Å². The van der Waals surface area contributed by atoms with E-state index in [0.717, 1.165) is 15.6 Å². The number of carbonyl (C=O) groups excluding carboxylic acids is 1. The summed E-state index contributed by atoms with van der Waals surface area (Å²) in [7, 11) is -4.06. The van der Waals surface area contributed by atoms with Gasteiger partial charge in [-0.05, 0) is 49.2 Å². The molecule has 0 heterocycles. The Morgan fingerprint density at radius 3 is 2.38 bits per heavy atom. The van der Waals surface area contributed by atoms with Crippen LogP contribution in [0.25, 0.3) is 0 Å². The van der Waals surface area contributed by atoms with E-state index in [1.807, 2.05) is 19.1 Å². The fourth-order valence-corrected chi connectivity index (χ4v) is 6.04. The number of thioether (sulfide) groups is 1. The minimum absolute atomic E-state index is 0.0655. The fraction of sp³-hybridized carbons (Fsp3) is 0.240. The fourth-order valence-electron chi connectivity index (χ4n) is 3.23. The average Bonchev–Trinajstić information content (AvgIpc) is 2.80. The molecule has 0 saturated carbocycles. The first-order valence-corrected chi connectivity index (χ1v) is 14.0. The maximum absolute atomic E-state index is 13.4. The second-order valence-corrected chi connectivity index (χ2v) is 11.5. The van der Waals surface area contributed by atoms with Gasteiger partial charge in [-0.2, -0.15) is 11.8 Å². The van der Waals surface area contributed by atoms with E-state index < -0.39 is 22.5 Å². The Bertz CT molecular complexity index is 1250. The van der Waals surface area contributed by atoms with Gasteiger partial charge in [-0.25, -0.2) is 8.42 Å². The summed E-state index contributed by atoms with van der Waals surface area (Å²) in [6.07, 6.45) is 0. The molecule has 0 aromatic heterocycles. The highest BCUT2D eigenvalue weighted by Crippen LogP contribution is 2.35. The molecule has 9 heteroatoms. The van der Waals surface area contributed by atoms with E-state index >= 15 is 0 Å². The molecule has 0 bridgehead atoms. The summed E-state index contributed by atoms with van der Waals surface area (Å²) in [6.45, 7) is 3.93. The predicted octanol–water partition coefficient (Wildman–Crippen LogP) is 5.86. The number of aryl methyl sites for hydroxylation is 2. The highest BCUT2D eigenvalue weighted by molar-refractivity contribution is 7.98. The summed E-state index contributed by atoms with van der Waals surface area (Å²) in [5.74, 6) is 1.11. The first-order chi connectivity index (χ1) is 16.2. The van der Waals surface area contributed by atoms with Crippen LogP contribution < -0.4 is 9.62 Å². The van der Waals surface area contributed by atoms with Gasteiger partial charge in [0.1, 0.15) is 6.54 Å². The van der Waals surface area contributed by atoms with E-state index in [2.05, 4.69) is 24.4 Å². The zero-order valence-electron chi connectivity index (χ0n) is 18.9. The molecule has 34 heavy (non-hydrogen) atoms. The van der Waals surface area contributed by atoms with E-state index in [1.165, 1.54) is 29.3 Å². The Labute approximate surface area is 215 Å². The number of amides is 1. The zero-order valence-corrected chi connectivity index (χ0v) is 22.1. The molecule has 0 fully saturated rings. The third-order valence-corrected chi connectivity index (χ3v) is 8.77. The lowest BCUT2D eigenvalue weighted by Crippen LogP contribution is -2.41. The van der Waals surface area contributed by atoms with Crippen LogP contribution in [0.2, 0.25) is 10.0 Å². The lowest BCUT2D eigenvalue weighted by molar-refractivity contribution is -0.119. The van der Waals surface area contributed by atoms with Gasteiger partial charge in [-0.15, -0.1) is 0 Å². The molecule has 0 aliphatic heterocycles. The quantitative estimate of drug-likeness (QED) is 0.329. The predicted molar refractivity (Wildman–Crippen MR) is 143 cm³/mol. The monoisotopic (exact) mass is 536 g/mol. The van der Waals surface area contributed by atoms with Crippen molar-refractivity contribution in [3.63, 3.8) is 0 Å². The van der Waals surface area contributed by atoms with Gasteiger partial charge >= 0.3 is 0 Å². The third kappa shape index (κ3) is 6.69. The van der Waals surface area contributed by atoms with Gasteiger partial charge in [0.2, 0.25) is 5.91 Å². The van der Waals surface area contributed by atoms with Crippen LogP contribution in [0.4, 0.5) is 5.69 Å².